The molecule has 1 aliphatic carbocycles. The van der Waals surface area contributed by atoms with E-state index in [1.807, 2.05) is 0 Å². The van der Waals surface area contributed by atoms with E-state index in [1.54, 1.807) is 0 Å². The van der Waals surface area contributed by atoms with E-state index in [-0.39, 0.29) is 12.2 Å². The molecule has 2 fully saturated rings. The minimum Gasteiger partial charge on any atom is -0.323 e. The molecule has 1 saturated heterocycles. The molecule has 2 aliphatic rings. The van der Waals surface area contributed by atoms with Crippen LogP contribution in [0, 0.1) is 17.8 Å². The van der Waals surface area contributed by atoms with Gasteiger partial charge in [-0.1, -0.05) is 40.5 Å². The van der Waals surface area contributed by atoms with Gasteiger partial charge in [0.25, 0.3) is 0 Å². The van der Waals surface area contributed by atoms with Gasteiger partial charge in [-0.15, -0.1) is 0 Å². The zero-order chi connectivity index (χ0) is 13.4. The molecule has 18 heavy (non-hydrogen) atoms. The lowest BCUT2D eigenvalue weighted by Crippen LogP contribution is -2.46. The maximum Gasteiger partial charge on any atom is 0.241 e. The third-order valence-corrected chi connectivity index (χ3v) is 4.31. The molecule has 0 bridgehead atoms. The topological polar surface area (TPSA) is 32.3 Å². The van der Waals surface area contributed by atoms with Gasteiger partial charge < -0.3 is 4.90 Å². The van der Waals surface area contributed by atoms with Crippen molar-refractivity contribution in [1.82, 2.24) is 10.2 Å². The van der Waals surface area contributed by atoms with Gasteiger partial charge in [0.15, 0.2) is 0 Å². The van der Waals surface area contributed by atoms with E-state index < -0.39 is 0 Å². The highest BCUT2D eigenvalue weighted by atomic mass is 16.2. The van der Waals surface area contributed by atoms with Crippen molar-refractivity contribution in [3.63, 3.8) is 0 Å². The molecule has 0 spiro atoms. The second-order valence-corrected chi connectivity index (χ2v) is 6.85. The Kier molecular flexibility index (Phi) is 4.00. The van der Waals surface area contributed by atoms with Crippen LogP contribution >= 0.6 is 0 Å². The molecular weight excluding hydrogens is 224 g/mol. The molecule has 2 rings (SSSR count). The largest absolute Gasteiger partial charge is 0.323 e. The summed E-state index contributed by atoms with van der Waals surface area (Å²) in [4.78, 5) is 14.7. The van der Waals surface area contributed by atoms with E-state index >= 15 is 0 Å². The Hall–Kier alpha value is -0.570. The highest BCUT2D eigenvalue weighted by Gasteiger charge is 2.44. The van der Waals surface area contributed by atoms with E-state index in [0.717, 1.165) is 5.92 Å². The lowest BCUT2D eigenvalue weighted by atomic mass is 10.0. The summed E-state index contributed by atoms with van der Waals surface area (Å²) in [6, 6.07) is 0.396. The molecule has 1 aliphatic heterocycles. The van der Waals surface area contributed by atoms with Crippen LogP contribution in [-0.2, 0) is 4.79 Å². The minimum absolute atomic E-state index is 0.0130. The monoisotopic (exact) mass is 252 g/mol. The predicted molar refractivity (Wildman–Crippen MR) is 74.0 cm³/mol. The quantitative estimate of drug-likeness (QED) is 0.816. The fraction of sp³-hybridized carbons (Fsp3) is 0.933. The molecule has 0 aromatic carbocycles. The van der Waals surface area contributed by atoms with Gasteiger partial charge >= 0.3 is 0 Å². The lowest BCUT2D eigenvalue weighted by molar-refractivity contribution is -0.133. The summed E-state index contributed by atoms with van der Waals surface area (Å²) in [5.74, 6) is 2.03. The molecule has 1 amide bonds. The second kappa shape index (κ2) is 5.20. The number of hydrogen-bond donors (Lipinski definition) is 1. The highest BCUT2D eigenvalue weighted by molar-refractivity contribution is 5.85. The van der Waals surface area contributed by atoms with Crippen molar-refractivity contribution in [3.8, 4) is 0 Å². The van der Waals surface area contributed by atoms with Gasteiger partial charge in [-0.05, 0) is 31.1 Å². The molecule has 1 N–H and O–H groups in total. The van der Waals surface area contributed by atoms with Gasteiger partial charge in [0.05, 0.1) is 12.2 Å². The zero-order valence-electron chi connectivity index (χ0n) is 12.4. The first-order valence-corrected chi connectivity index (χ1v) is 7.50. The van der Waals surface area contributed by atoms with E-state index in [1.165, 1.54) is 19.3 Å². The first kappa shape index (κ1) is 13.9. The highest BCUT2D eigenvalue weighted by Crippen LogP contribution is 2.36. The Labute approximate surface area is 111 Å². The Morgan fingerprint density at radius 2 is 1.78 bits per heavy atom. The first-order valence-electron chi connectivity index (χ1n) is 7.50. The number of carbonyl (C=O) groups is 1. The summed E-state index contributed by atoms with van der Waals surface area (Å²) in [5, 5.41) is 3.54. The van der Waals surface area contributed by atoms with Gasteiger partial charge in [0.1, 0.15) is 0 Å². The molecule has 1 heterocycles. The van der Waals surface area contributed by atoms with E-state index in [4.69, 9.17) is 0 Å². The van der Waals surface area contributed by atoms with Gasteiger partial charge in [-0.25, -0.2) is 0 Å². The zero-order valence-corrected chi connectivity index (χ0v) is 12.4. The summed E-state index contributed by atoms with van der Waals surface area (Å²) >= 11 is 0. The standard InChI is InChI=1S/C15H28N2O/c1-9(2)13-15(18)17(14(16-13)10(3)4)11(5)8-12-6-7-12/h9-14,16H,6-8H2,1-5H3. The van der Waals surface area contributed by atoms with Crippen LogP contribution in [0.15, 0.2) is 0 Å². The van der Waals surface area contributed by atoms with E-state index in [2.05, 4.69) is 44.8 Å². The summed E-state index contributed by atoms with van der Waals surface area (Å²) in [5.41, 5.74) is 0. The first-order chi connectivity index (χ1) is 8.41. The number of carbonyl (C=O) groups excluding carboxylic acids is 1. The summed E-state index contributed by atoms with van der Waals surface area (Å²) in [7, 11) is 0. The van der Waals surface area contributed by atoms with Crippen LogP contribution in [-0.4, -0.2) is 29.1 Å². The van der Waals surface area contributed by atoms with Crippen LogP contribution < -0.4 is 5.32 Å². The average molecular weight is 252 g/mol. The lowest BCUT2D eigenvalue weighted by Gasteiger charge is -2.32. The van der Waals surface area contributed by atoms with Gasteiger partial charge in [0.2, 0.25) is 5.91 Å². The van der Waals surface area contributed by atoms with Crippen LogP contribution in [0.3, 0.4) is 0 Å². The number of nitrogens with zero attached hydrogens (tertiary/aromatic N) is 1. The van der Waals surface area contributed by atoms with Gasteiger partial charge in [0, 0.05) is 6.04 Å². The van der Waals surface area contributed by atoms with Crippen molar-refractivity contribution < 1.29 is 4.79 Å². The fourth-order valence-electron chi connectivity index (χ4n) is 3.07. The van der Waals surface area contributed by atoms with E-state index in [0.29, 0.717) is 23.8 Å². The molecule has 0 aromatic heterocycles. The van der Waals surface area contributed by atoms with Crippen molar-refractivity contribution in [2.24, 2.45) is 17.8 Å². The summed E-state index contributed by atoms with van der Waals surface area (Å²) in [6.45, 7) is 10.9. The Morgan fingerprint density at radius 1 is 1.17 bits per heavy atom. The molecule has 1 saturated carbocycles. The third-order valence-electron chi connectivity index (χ3n) is 4.31. The maximum absolute atomic E-state index is 12.6. The molecule has 3 atom stereocenters. The van der Waals surface area contributed by atoms with Crippen molar-refractivity contribution >= 4 is 5.91 Å². The Balaban J connectivity index is 2.09. The van der Waals surface area contributed by atoms with Crippen LogP contribution in [0.25, 0.3) is 0 Å². The minimum atomic E-state index is 0.0130. The number of rotatable bonds is 5. The van der Waals surface area contributed by atoms with Gasteiger partial charge in [-0.2, -0.15) is 0 Å². The second-order valence-electron chi connectivity index (χ2n) is 6.85. The molecule has 0 aromatic rings. The molecule has 104 valence electrons. The normalized spacial score (nSPS) is 30.6. The Bertz CT molecular complexity index is 310. The van der Waals surface area contributed by atoms with Crippen LogP contribution in [0.5, 0.6) is 0 Å². The molecule has 3 unspecified atom stereocenters. The maximum atomic E-state index is 12.6. The molecule has 3 nitrogen and oxygen atoms in total. The van der Waals surface area contributed by atoms with Crippen LogP contribution in [0.2, 0.25) is 0 Å². The van der Waals surface area contributed by atoms with Gasteiger partial charge in [-0.3, -0.25) is 10.1 Å². The average Bonchev–Trinajstić information content (AvgIpc) is 2.98. The SMILES string of the molecule is CC(C)C1NC(C(C)C)N(C(C)CC2CC2)C1=O. The predicted octanol–water partition coefficient (Wildman–Crippen LogP) is 2.61. The van der Waals surface area contributed by atoms with Crippen LogP contribution in [0.4, 0.5) is 0 Å². The molecule has 3 heteroatoms. The van der Waals surface area contributed by atoms with E-state index in [9.17, 15) is 4.79 Å². The Morgan fingerprint density at radius 3 is 2.22 bits per heavy atom. The number of amides is 1. The number of nitrogens with one attached hydrogen (secondary N) is 1. The summed E-state index contributed by atoms with van der Waals surface area (Å²) < 4.78 is 0. The molecular formula is C15H28N2O. The smallest absolute Gasteiger partial charge is 0.241 e. The van der Waals surface area contributed by atoms with Crippen molar-refractivity contribution in [3.05, 3.63) is 0 Å². The van der Waals surface area contributed by atoms with Crippen LogP contribution in [0.1, 0.15) is 53.9 Å². The number of hydrogen-bond acceptors (Lipinski definition) is 2. The van der Waals surface area contributed by atoms with Crippen molar-refractivity contribution in [2.45, 2.75) is 72.1 Å². The molecule has 0 radical (unpaired) electrons. The summed E-state index contributed by atoms with van der Waals surface area (Å²) in [6.07, 6.45) is 4.12. The van der Waals surface area contributed by atoms with Crippen molar-refractivity contribution in [1.29, 1.82) is 0 Å². The fourth-order valence-corrected chi connectivity index (χ4v) is 3.07. The van der Waals surface area contributed by atoms with Crippen molar-refractivity contribution in [2.75, 3.05) is 0 Å². The third kappa shape index (κ3) is 2.71.